The molecule has 1 amide bonds. The lowest BCUT2D eigenvalue weighted by molar-refractivity contribution is -0.119. The number of rotatable bonds is 7. The van der Waals surface area contributed by atoms with Gasteiger partial charge in [-0.2, -0.15) is 0 Å². The Bertz CT molecular complexity index is 959. The highest BCUT2D eigenvalue weighted by Crippen LogP contribution is 2.30. The van der Waals surface area contributed by atoms with Crippen molar-refractivity contribution in [1.29, 1.82) is 0 Å². The molecular weight excluding hydrogens is 396 g/mol. The summed E-state index contributed by atoms with van der Waals surface area (Å²) >= 11 is 7.25. The number of nitrogens with zero attached hydrogens (tertiary/aromatic N) is 3. The van der Waals surface area contributed by atoms with Crippen LogP contribution in [0.15, 0.2) is 53.7 Å². The maximum atomic E-state index is 12.3. The Hall–Kier alpha value is -2.51. The lowest BCUT2D eigenvalue weighted by atomic mass is 10.1. The molecule has 0 saturated carbocycles. The third kappa shape index (κ3) is 4.66. The van der Waals surface area contributed by atoms with Gasteiger partial charge in [-0.05, 0) is 36.8 Å². The van der Waals surface area contributed by atoms with E-state index >= 15 is 0 Å². The first-order valence-electron chi connectivity index (χ1n) is 8.70. The summed E-state index contributed by atoms with van der Waals surface area (Å²) in [5.74, 6) is 1.59. The first kappa shape index (κ1) is 20.2. The van der Waals surface area contributed by atoms with Crippen molar-refractivity contribution in [3.63, 3.8) is 0 Å². The number of amides is 1. The summed E-state index contributed by atoms with van der Waals surface area (Å²) in [6, 6.07) is 15.0. The van der Waals surface area contributed by atoms with E-state index < -0.39 is 0 Å². The topological polar surface area (TPSA) is 69.0 Å². The van der Waals surface area contributed by atoms with Crippen LogP contribution in [0.25, 0.3) is 11.4 Å². The molecule has 8 heteroatoms. The molecule has 1 atom stereocenters. The minimum absolute atomic E-state index is 0.0747. The molecular formula is C20H21ClN4O2S. The smallest absolute Gasteiger partial charge is 0.230 e. The maximum absolute atomic E-state index is 12.3. The molecule has 1 heterocycles. The number of thioether (sulfide) groups is 1. The van der Waals surface area contributed by atoms with Crippen molar-refractivity contribution in [3.8, 4) is 17.1 Å². The molecule has 0 fully saturated rings. The normalized spacial score (nSPS) is 11.9. The molecule has 3 rings (SSSR count). The number of carbonyl (C=O) groups is 1. The van der Waals surface area contributed by atoms with Gasteiger partial charge in [0.1, 0.15) is 5.75 Å². The van der Waals surface area contributed by atoms with Gasteiger partial charge in [-0.15, -0.1) is 10.2 Å². The first-order valence-corrected chi connectivity index (χ1v) is 10.1. The molecule has 0 aliphatic heterocycles. The predicted molar refractivity (Wildman–Crippen MR) is 112 cm³/mol. The van der Waals surface area contributed by atoms with E-state index in [-0.39, 0.29) is 17.7 Å². The molecule has 146 valence electrons. The SMILES string of the molecule is COc1ccccc1-c1nnc(SCC(=O)N[C@H](C)c2ccc(Cl)cc2)n1C. The third-order valence-corrected chi connectivity index (χ3v) is 5.53. The molecule has 3 aromatic rings. The molecule has 6 nitrogen and oxygen atoms in total. The van der Waals surface area contributed by atoms with Crippen molar-refractivity contribution in [2.75, 3.05) is 12.9 Å². The minimum atomic E-state index is -0.103. The fourth-order valence-corrected chi connectivity index (χ4v) is 3.60. The quantitative estimate of drug-likeness (QED) is 0.587. The Morgan fingerprint density at radius 2 is 1.93 bits per heavy atom. The summed E-state index contributed by atoms with van der Waals surface area (Å²) < 4.78 is 7.25. The van der Waals surface area contributed by atoms with Gasteiger partial charge in [0.25, 0.3) is 0 Å². The number of para-hydroxylation sites is 1. The molecule has 0 bridgehead atoms. The molecule has 0 aliphatic rings. The van der Waals surface area contributed by atoms with Gasteiger partial charge in [0.2, 0.25) is 5.91 Å². The Morgan fingerprint density at radius 1 is 1.21 bits per heavy atom. The molecule has 2 aromatic carbocycles. The van der Waals surface area contributed by atoms with Crippen LogP contribution in [0, 0.1) is 0 Å². The van der Waals surface area contributed by atoms with Crippen molar-refractivity contribution >= 4 is 29.3 Å². The number of halogens is 1. The minimum Gasteiger partial charge on any atom is -0.496 e. The largest absolute Gasteiger partial charge is 0.496 e. The predicted octanol–water partition coefficient (Wildman–Crippen LogP) is 4.11. The van der Waals surface area contributed by atoms with Crippen LogP contribution >= 0.6 is 23.4 Å². The van der Waals surface area contributed by atoms with Gasteiger partial charge in [-0.25, -0.2) is 0 Å². The number of nitrogens with one attached hydrogen (secondary N) is 1. The van der Waals surface area contributed by atoms with Gasteiger partial charge in [0.05, 0.1) is 24.5 Å². The Labute approximate surface area is 173 Å². The van der Waals surface area contributed by atoms with Crippen LogP contribution in [-0.2, 0) is 11.8 Å². The van der Waals surface area contributed by atoms with E-state index in [4.69, 9.17) is 16.3 Å². The molecule has 0 radical (unpaired) electrons. The molecule has 1 aromatic heterocycles. The van der Waals surface area contributed by atoms with Crippen LogP contribution in [-0.4, -0.2) is 33.5 Å². The second-order valence-electron chi connectivity index (χ2n) is 6.19. The lowest BCUT2D eigenvalue weighted by Crippen LogP contribution is -2.28. The second kappa shape index (κ2) is 9.12. The van der Waals surface area contributed by atoms with Gasteiger partial charge in [-0.3, -0.25) is 4.79 Å². The zero-order valence-electron chi connectivity index (χ0n) is 15.8. The summed E-state index contributed by atoms with van der Waals surface area (Å²) in [6.45, 7) is 1.94. The van der Waals surface area contributed by atoms with Crippen LogP contribution in [0.4, 0.5) is 0 Å². The number of aromatic nitrogens is 3. The number of hydrogen-bond donors (Lipinski definition) is 1. The molecule has 0 spiro atoms. The number of methoxy groups -OCH3 is 1. The van der Waals surface area contributed by atoms with E-state index in [1.807, 2.05) is 67.1 Å². The van der Waals surface area contributed by atoms with Gasteiger partial charge in [0.15, 0.2) is 11.0 Å². The summed E-state index contributed by atoms with van der Waals surface area (Å²) in [6.07, 6.45) is 0. The van der Waals surface area contributed by atoms with Crippen LogP contribution in [0.1, 0.15) is 18.5 Å². The Balaban J connectivity index is 1.63. The average Bonchev–Trinajstić information content (AvgIpc) is 3.07. The fourth-order valence-electron chi connectivity index (χ4n) is 2.75. The second-order valence-corrected chi connectivity index (χ2v) is 7.57. The van der Waals surface area contributed by atoms with Crippen molar-refractivity contribution in [2.45, 2.75) is 18.1 Å². The van der Waals surface area contributed by atoms with Crippen LogP contribution in [0.3, 0.4) is 0 Å². The highest BCUT2D eigenvalue weighted by Gasteiger charge is 2.16. The monoisotopic (exact) mass is 416 g/mol. The average molecular weight is 417 g/mol. The molecule has 0 aliphatic carbocycles. The summed E-state index contributed by atoms with van der Waals surface area (Å²) in [5.41, 5.74) is 1.85. The first-order chi connectivity index (χ1) is 13.5. The number of hydrogen-bond acceptors (Lipinski definition) is 5. The fraction of sp³-hybridized carbons (Fsp3) is 0.250. The van der Waals surface area contributed by atoms with E-state index in [2.05, 4.69) is 15.5 Å². The molecule has 0 saturated heterocycles. The summed E-state index contributed by atoms with van der Waals surface area (Å²) in [4.78, 5) is 12.3. The van der Waals surface area contributed by atoms with Gasteiger partial charge >= 0.3 is 0 Å². The number of ether oxygens (including phenoxy) is 1. The van der Waals surface area contributed by atoms with Gasteiger partial charge in [0, 0.05) is 12.1 Å². The van der Waals surface area contributed by atoms with Gasteiger partial charge in [-0.1, -0.05) is 47.6 Å². The van der Waals surface area contributed by atoms with Crippen LogP contribution in [0.2, 0.25) is 5.02 Å². The lowest BCUT2D eigenvalue weighted by Gasteiger charge is -2.14. The molecule has 1 N–H and O–H groups in total. The Kier molecular flexibility index (Phi) is 6.59. The summed E-state index contributed by atoms with van der Waals surface area (Å²) in [5, 5.41) is 12.8. The number of benzene rings is 2. The maximum Gasteiger partial charge on any atom is 0.230 e. The van der Waals surface area contributed by atoms with Crippen LogP contribution < -0.4 is 10.1 Å². The van der Waals surface area contributed by atoms with E-state index in [0.29, 0.717) is 16.0 Å². The number of carbonyl (C=O) groups excluding carboxylic acids is 1. The van der Waals surface area contributed by atoms with Crippen molar-refractivity contribution in [3.05, 3.63) is 59.1 Å². The molecule has 28 heavy (non-hydrogen) atoms. The van der Waals surface area contributed by atoms with Crippen LogP contribution in [0.5, 0.6) is 5.75 Å². The van der Waals surface area contributed by atoms with Crippen molar-refractivity contribution in [1.82, 2.24) is 20.1 Å². The van der Waals surface area contributed by atoms with E-state index in [1.54, 1.807) is 7.11 Å². The zero-order valence-corrected chi connectivity index (χ0v) is 17.4. The zero-order chi connectivity index (χ0) is 20.1. The van der Waals surface area contributed by atoms with Gasteiger partial charge < -0.3 is 14.6 Å². The van der Waals surface area contributed by atoms with E-state index in [9.17, 15) is 4.79 Å². The Morgan fingerprint density at radius 3 is 2.64 bits per heavy atom. The molecule has 0 unspecified atom stereocenters. The summed E-state index contributed by atoms with van der Waals surface area (Å²) in [7, 11) is 3.50. The van der Waals surface area contributed by atoms with E-state index in [1.165, 1.54) is 11.8 Å². The third-order valence-electron chi connectivity index (χ3n) is 4.26. The highest BCUT2D eigenvalue weighted by molar-refractivity contribution is 7.99. The van der Waals surface area contributed by atoms with Crippen molar-refractivity contribution in [2.24, 2.45) is 7.05 Å². The van der Waals surface area contributed by atoms with E-state index in [0.717, 1.165) is 16.9 Å². The highest BCUT2D eigenvalue weighted by atomic mass is 35.5. The van der Waals surface area contributed by atoms with Crippen molar-refractivity contribution < 1.29 is 9.53 Å². The standard InChI is InChI=1S/C20H21ClN4O2S/c1-13(14-8-10-15(21)11-9-14)22-18(26)12-28-20-24-23-19(25(20)2)16-6-4-5-7-17(16)27-3/h4-11,13H,12H2,1-3H3,(H,22,26)/t13-/m1/s1.